The molecule has 4 nitrogen and oxygen atoms in total. The molecule has 1 aromatic rings. The summed E-state index contributed by atoms with van der Waals surface area (Å²) in [4.78, 5) is 13.5. The van der Waals surface area contributed by atoms with Crippen LogP contribution in [0.3, 0.4) is 0 Å². The van der Waals surface area contributed by atoms with Gasteiger partial charge in [0.2, 0.25) is 5.91 Å². The van der Waals surface area contributed by atoms with Gasteiger partial charge < -0.3 is 0 Å². The summed E-state index contributed by atoms with van der Waals surface area (Å²) < 4.78 is 0. The Morgan fingerprint density at radius 1 is 1.69 bits per heavy atom. The first-order valence-electron chi connectivity index (χ1n) is 5.60. The fourth-order valence-electron chi connectivity index (χ4n) is 1.87. The SMILES string of the molecule is C=CC1CC(=O)N(c2cc(C(C)C)[nH]n2)C1. The van der Waals surface area contributed by atoms with Crippen molar-refractivity contribution in [3.8, 4) is 0 Å². The van der Waals surface area contributed by atoms with E-state index in [1.54, 1.807) is 4.90 Å². The molecule has 1 aliphatic heterocycles. The number of hydrogen-bond donors (Lipinski definition) is 1. The van der Waals surface area contributed by atoms with Gasteiger partial charge in [0.1, 0.15) is 0 Å². The number of aromatic amines is 1. The maximum atomic E-state index is 11.7. The van der Waals surface area contributed by atoms with Crippen molar-refractivity contribution in [1.29, 1.82) is 0 Å². The lowest BCUT2D eigenvalue weighted by atomic mass is 10.1. The molecule has 86 valence electrons. The number of rotatable bonds is 3. The van der Waals surface area contributed by atoms with Crippen LogP contribution in [0.25, 0.3) is 0 Å². The van der Waals surface area contributed by atoms with Crippen molar-refractivity contribution in [3.05, 3.63) is 24.4 Å². The van der Waals surface area contributed by atoms with Crippen molar-refractivity contribution < 1.29 is 4.79 Å². The lowest BCUT2D eigenvalue weighted by Gasteiger charge is -2.11. The van der Waals surface area contributed by atoms with E-state index < -0.39 is 0 Å². The van der Waals surface area contributed by atoms with Crippen LogP contribution < -0.4 is 4.90 Å². The summed E-state index contributed by atoms with van der Waals surface area (Å²) in [6, 6.07) is 1.95. The molecule has 0 aliphatic carbocycles. The van der Waals surface area contributed by atoms with Gasteiger partial charge in [0.15, 0.2) is 5.82 Å². The lowest BCUT2D eigenvalue weighted by Crippen LogP contribution is -2.24. The lowest BCUT2D eigenvalue weighted by molar-refractivity contribution is -0.117. The van der Waals surface area contributed by atoms with Gasteiger partial charge in [-0.25, -0.2) is 0 Å². The van der Waals surface area contributed by atoms with E-state index in [-0.39, 0.29) is 11.8 Å². The van der Waals surface area contributed by atoms with Gasteiger partial charge in [0.25, 0.3) is 0 Å². The van der Waals surface area contributed by atoms with Gasteiger partial charge in [-0.15, -0.1) is 6.58 Å². The van der Waals surface area contributed by atoms with E-state index in [0.29, 0.717) is 18.9 Å². The summed E-state index contributed by atoms with van der Waals surface area (Å²) in [7, 11) is 0. The van der Waals surface area contributed by atoms with Crippen LogP contribution in [0.1, 0.15) is 31.9 Å². The molecule has 1 aliphatic rings. The third kappa shape index (κ3) is 1.87. The fraction of sp³-hybridized carbons (Fsp3) is 0.500. The maximum absolute atomic E-state index is 11.7. The van der Waals surface area contributed by atoms with Crippen molar-refractivity contribution in [3.63, 3.8) is 0 Å². The van der Waals surface area contributed by atoms with E-state index >= 15 is 0 Å². The van der Waals surface area contributed by atoms with Gasteiger partial charge in [-0.2, -0.15) is 5.10 Å². The standard InChI is InChI=1S/C12H17N3O/c1-4-9-5-12(16)15(7-9)11-6-10(8(2)3)13-14-11/h4,6,8-9H,1,5,7H2,2-3H3,(H,13,14). The second kappa shape index (κ2) is 4.12. The smallest absolute Gasteiger partial charge is 0.228 e. The minimum Gasteiger partial charge on any atom is -0.295 e. The van der Waals surface area contributed by atoms with Crippen LogP contribution in [0.5, 0.6) is 0 Å². The van der Waals surface area contributed by atoms with Crippen LogP contribution in [0.2, 0.25) is 0 Å². The first-order chi connectivity index (χ1) is 7.61. The fourth-order valence-corrected chi connectivity index (χ4v) is 1.87. The molecule has 1 aromatic heterocycles. The number of hydrogen-bond acceptors (Lipinski definition) is 2. The number of amides is 1. The number of carbonyl (C=O) groups excluding carboxylic acids is 1. The monoisotopic (exact) mass is 219 g/mol. The number of aromatic nitrogens is 2. The molecule has 0 saturated carbocycles. The Balaban J connectivity index is 2.18. The molecule has 2 heterocycles. The zero-order chi connectivity index (χ0) is 11.7. The Kier molecular flexibility index (Phi) is 2.81. The van der Waals surface area contributed by atoms with Crippen molar-refractivity contribution in [2.45, 2.75) is 26.2 Å². The molecular formula is C12H17N3O. The summed E-state index contributed by atoms with van der Waals surface area (Å²) in [5.41, 5.74) is 1.06. The first kappa shape index (κ1) is 10.9. The molecule has 1 atom stereocenters. The first-order valence-corrected chi connectivity index (χ1v) is 5.60. The quantitative estimate of drug-likeness (QED) is 0.791. The zero-order valence-corrected chi connectivity index (χ0v) is 9.73. The van der Waals surface area contributed by atoms with Crippen LogP contribution in [-0.2, 0) is 4.79 Å². The number of anilines is 1. The normalized spacial score (nSPS) is 20.8. The number of H-pyrrole nitrogens is 1. The maximum Gasteiger partial charge on any atom is 0.228 e. The molecular weight excluding hydrogens is 202 g/mol. The number of nitrogens with zero attached hydrogens (tertiary/aromatic N) is 2. The average Bonchev–Trinajstić information content (AvgIpc) is 2.83. The second-order valence-corrected chi connectivity index (χ2v) is 4.54. The molecule has 0 spiro atoms. The van der Waals surface area contributed by atoms with Crippen molar-refractivity contribution >= 4 is 11.7 Å². The molecule has 16 heavy (non-hydrogen) atoms. The second-order valence-electron chi connectivity index (χ2n) is 4.54. The molecule has 4 heteroatoms. The van der Waals surface area contributed by atoms with Gasteiger partial charge in [-0.3, -0.25) is 14.8 Å². The van der Waals surface area contributed by atoms with Crippen molar-refractivity contribution in [2.24, 2.45) is 5.92 Å². The highest BCUT2D eigenvalue weighted by Crippen LogP contribution is 2.25. The summed E-state index contributed by atoms with van der Waals surface area (Å²) >= 11 is 0. The molecule has 1 fully saturated rings. The Morgan fingerprint density at radius 3 is 2.94 bits per heavy atom. The minimum atomic E-state index is 0.131. The van der Waals surface area contributed by atoms with Gasteiger partial charge in [-0.1, -0.05) is 19.9 Å². The highest BCUT2D eigenvalue weighted by Gasteiger charge is 2.30. The average molecular weight is 219 g/mol. The number of carbonyl (C=O) groups is 1. The zero-order valence-electron chi connectivity index (χ0n) is 9.73. The molecule has 1 saturated heterocycles. The summed E-state index contributed by atoms with van der Waals surface area (Å²) in [5.74, 6) is 1.52. The predicted octanol–water partition coefficient (Wildman–Crippen LogP) is 2.07. The van der Waals surface area contributed by atoms with Crippen LogP contribution in [0.4, 0.5) is 5.82 Å². The van der Waals surface area contributed by atoms with E-state index in [4.69, 9.17) is 0 Å². The Hall–Kier alpha value is -1.58. The summed E-state index contributed by atoms with van der Waals surface area (Å²) in [6.07, 6.45) is 2.39. The third-order valence-corrected chi connectivity index (χ3v) is 2.97. The highest BCUT2D eigenvalue weighted by atomic mass is 16.2. The van der Waals surface area contributed by atoms with E-state index in [0.717, 1.165) is 11.5 Å². The van der Waals surface area contributed by atoms with Crippen molar-refractivity contribution in [2.75, 3.05) is 11.4 Å². The Morgan fingerprint density at radius 2 is 2.44 bits per heavy atom. The van der Waals surface area contributed by atoms with Crippen LogP contribution in [0.15, 0.2) is 18.7 Å². The van der Waals surface area contributed by atoms with Gasteiger partial charge in [0.05, 0.1) is 0 Å². The molecule has 0 bridgehead atoms. The molecule has 1 N–H and O–H groups in total. The molecule has 0 aromatic carbocycles. The van der Waals surface area contributed by atoms with E-state index in [9.17, 15) is 4.79 Å². The van der Waals surface area contributed by atoms with Crippen LogP contribution in [0, 0.1) is 5.92 Å². The van der Waals surface area contributed by atoms with Crippen LogP contribution in [-0.4, -0.2) is 22.6 Å². The van der Waals surface area contributed by atoms with Crippen molar-refractivity contribution in [1.82, 2.24) is 10.2 Å². The van der Waals surface area contributed by atoms with Gasteiger partial charge in [0, 0.05) is 30.6 Å². The van der Waals surface area contributed by atoms with E-state index in [1.807, 2.05) is 12.1 Å². The molecule has 2 rings (SSSR count). The highest BCUT2D eigenvalue weighted by molar-refractivity contribution is 5.95. The third-order valence-electron chi connectivity index (χ3n) is 2.97. The Labute approximate surface area is 95.3 Å². The molecule has 0 radical (unpaired) electrons. The largest absolute Gasteiger partial charge is 0.295 e. The van der Waals surface area contributed by atoms with E-state index in [1.165, 1.54) is 0 Å². The van der Waals surface area contributed by atoms with Gasteiger partial charge in [-0.05, 0) is 5.92 Å². The minimum absolute atomic E-state index is 0.131. The molecule has 1 unspecified atom stereocenters. The number of nitrogens with one attached hydrogen (secondary N) is 1. The predicted molar refractivity (Wildman–Crippen MR) is 63.3 cm³/mol. The topological polar surface area (TPSA) is 49.0 Å². The molecule has 1 amide bonds. The summed E-state index contributed by atoms with van der Waals surface area (Å²) in [5, 5.41) is 7.15. The summed E-state index contributed by atoms with van der Waals surface area (Å²) in [6.45, 7) is 8.62. The van der Waals surface area contributed by atoms with E-state index in [2.05, 4.69) is 30.6 Å². The van der Waals surface area contributed by atoms with Gasteiger partial charge >= 0.3 is 0 Å². The van der Waals surface area contributed by atoms with Crippen LogP contribution >= 0.6 is 0 Å². The Bertz CT molecular complexity index is 408.